The third-order valence-electron chi connectivity index (χ3n) is 4.54. The molecular weight excluding hydrogens is 308 g/mol. The molecule has 24 heavy (non-hydrogen) atoms. The summed E-state index contributed by atoms with van der Waals surface area (Å²) in [5.41, 5.74) is 2.48. The number of ether oxygens (including phenoxy) is 1. The van der Waals surface area contributed by atoms with E-state index in [9.17, 15) is 9.90 Å². The minimum absolute atomic E-state index is 0.0687. The normalized spacial score (nSPS) is 17.3. The Morgan fingerprint density at radius 2 is 1.92 bits per heavy atom. The molecule has 1 aliphatic rings. The van der Waals surface area contributed by atoms with Crippen molar-refractivity contribution in [3.05, 3.63) is 17.0 Å². The van der Waals surface area contributed by atoms with Gasteiger partial charge in [-0.15, -0.1) is 0 Å². The van der Waals surface area contributed by atoms with Crippen LogP contribution in [-0.2, 0) is 11.3 Å². The van der Waals surface area contributed by atoms with Crippen LogP contribution in [0.3, 0.4) is 0 Å². The molecule has 0 bridgehead atoms. The van der Waals surface area contributed by atoms with Crippen LogP contribution in [0.25, 0.3) is 0 Å². The molecule has 1 aliphatic heterocycles. The third kappa shape index (κ3) is 4.34. The molecule has 1 unspecified atom stereocenters. The first-order valence-corrected chi connectivity index (χ1v) is 8.79. The lowest BCUT2D eigenvalue weighted by Crippen LogP contribution is -2.51. The van der Waals surface area contributed by atoms with Crippen molar-refractivity contribution in [3.63, 3.8) is 0 Å². The van der Waals surface area contributed by atoms with Gasteiger partial charge in [0, 0.05) is 51.6 Å². The molecule has 136 valence electrons. The molecule has 2 rings (SSSR count). The average molecular weight is 338 g/mol. The van der Waals surface area contributed by atoms with Gasteiger partial charge in [0.05, 0.1) is 24.0 Å². The second-order valence-electron chi connectivity index (χ2n) is 6.27. The van der Waals surface area contributed by atoms with E-state index in [2.05, 4.69) is 10.00 Å². The largest absolute Gasteiger partial charge is 0.389 e. The zero-order chi connectivity index (χ0) is 17.7. The van der Waals surface area contributed by atoms with Gasteiger partial charge in [-0.25, -0.2) is 0 Å². The minimum Gasteiger partial charge on any atom is -0.389 e. The zero-order valence-electron chi connectivity index (χ0n) is 15.3. The number of amides is 1. The Morgan fingerprint density at radius 1 is 1.25 bits per heavy atom. The maximum Gasteiger partial charge on any atom is 0.257 e. The molecule has 1 amide bonds. The maximum absolute atomic E-state index is 12.8. The predicted octanol–water partition coefficient (Wildman–Crippen LogP) is 0.675. The van der Waals surface area contributed by atoms with Crippen LogP contribution < -0.4 is 0 Å². The SMILES string of the molecule is CCOCC(O)CN1CCN(C(=O)c2c(C)nn(CC)c2C)CC1. The Kier molecular flexibility index (Phi) is 6.77. The molecule has 0 spiro atoms. The Labute approximate surface area is 144 Å². The van der Waals surface area contributed by atoms with Crippen molar-refractivity contribution in [3.8, 4) is 0 Å². The van der Waals surface area contributed by atoms with Crippen molar-refractivity contribution < 1.29 is 14.6 Å². The van der Waals surface area contributed by atoms with Gasteiger partial charge in [-0.05, 0) is 27.7 Å². The summed E-state index contributed by atoms with van der Waals surface area (Å²) in [6, 6.07) is 0. The number of aromatic nitrogens is 2. The average Bonchev–Trinajstić information content (AvgIpc) is 2.87. The molecular formula is C17H30N4O3. The number of carbonyl (C=O) groups is 1. The Morgan fingerprint density at radius 3 is 2.46 bits per heavy atom. The molecule has 1 aromatic heterocycles. The summed E-state index contributed by atoms with van der Waals surface area (Å²) in [4.78, 5) is 16.9. The van der Waals surface area contributed by atoms with Gasteiger partial charge in [-0.3, -0.25) is 14.4 Å². The van der Waals surface area contributed by atoms with Gasteiger partial charge >= 0.3 is 0 Å². The van der Waals surface area contributed by atoms with Crippen molar-refractivity contribution in [1.29, 1.82) is 0 Å². The van der Waals surface area contributed by atoms with Crippen molar-refractivity contribution >= 4 is 5.91 Å². The van der Waals surface area contributed by atoms with E-state index in [1.54, 1.807) is 0 Å². The lowest BCUT2D eigenvalue weighted by molar-refractivity contribution is 0.0111. The summed E-state index contributed by atoms with van der Waals surface area (Å²) in [5.74, 6) is 0.0687. The van der Waals surface area contributed by atoms with Crippen LogP contribution in [-0.4, -0.2) is 82.6 Å². The van der Waals surface area contributed by atoms with E-state index in [0.717, 1.165) is 36.6 Å². The van der Waals surface area contributed by atoms with E-state index in [4.69, 9.17) is 4.74 Å². The molecule has 2 heterocycles. The van der Waals surface area contributed by atoms with Gasteiger partial charge < -0.3 is 14.7 Å². The second-order valence-corrected chi connectivity index (χ2v) is 6.27. The van der Waals surface area contributed by atoms with E-state index >= 15 is 0 Å². The topological polar surface area (TPSA) is 70.8 Å². The number of aliphatic hydroxyl groups excluding tert-OH is 1. The van der Waals surface area contributed by atoms with E-state index in [1.165, 1.54) is 0 Å². The molecule has 1 fully saturated rings. The minimum atomic E-state index is -0.473. The fourth-order valence-corrected chi connectivity index (χ4v) is 3.21. The smallest absolute Gasteiger partial charge is 0.257 e. The zero-order valence-corrected chi connectivity index (χ0v) is 15.3. The first-order chi connectivity index (χ1) is 11.5. The van der Waals surface area contributed by atoms with Crippen molar-refractivity contribution in [1.82, 2.24) is 19.6 Å². The van der Waals surface area contributed by atoms with Gasteiger partial charge in [-0.1, -0.05) is 0 Å². The van der Waals surface area contributed by atoms with Crippen LogP contribution in [0.4, 0.5) is 0 Å². The van der Waals surface area contributed by atoms with Crippen LogP contribution in [0.2, 0.25) is 0 Å². The Bertz CT molecular complexity index is 550. The number of rotatable bonds is 7. The van der Waals surface area contributed by atoms with Crippen molar-refractivity contribution in [2.45, 2.75) is 40.3 Å². The van der Waals surface area contributed by atoms with Gasteiger partial charge in [0.2, 0.25) is 0 Å². The van der Waals surface area contributed by atoms with Gasteiger partial charge in [0.1, 0.15) is 0 Å². The molecule has 0 aliphatic carbocycles. The number of nitrogens with zero attached hydrogens (tertiary/aromatic N) is 4. The van der Waals surface area contributed by atoms with Crippen LogP contribution in [0.1, 0.15) is 35.6 Å². The highest BCUT2D eigenvalue weighted by atomic mass is 16.5. The van der Waals surface area contributed by atoms with E-state index in [0.29, 0.717) is 32.8 Å². The molecule has 1 atom stereocenters. The summed E-state index contributed by atoms with van der Waals surface area (Å²) in [6.45, 7) is 13.0. The van der Waals surface area contributed by atoms with E-state index in [1.807, 2.05) is 37.3 Å². The van der Waals surface area contributed by atoms with Crippen molar-refractivity contribution in [2.75, 3.05) is 45.9 Å². The molecule has 1 saturated heterocycles. The highest BCUT2D eigenvalue weighted by molar-refractivity contribution is 5.96. The van der Waals surface area contributed by atoms with Crippen LogP contribution in [0.15, 0.2) is 0 Å². The number of piperazine rings is 1. The monoisotopic (exact) mass is 338 g/mol. The molecule has 1 N–H and O–H groups in total. The lowest BCUT2D eigenvalue weighted by Gasteiger charge is -2.35. The number of aliphatic hydroxyl groups is 1. The number of hydrogen-bond donors (Lipinski definition) is 1. The molecule has 1 aromatic rings. The Balaban J connectivity index is 1.90. The van der Waals surface area contributed by atoms with Crippen LogP contribution in [0, 0.1) is 13.8 Å². The van der Waals surface area contributed by atoms with Crippen molar-refractivity contribution in [2.24, 2.45) is 0 Å². The quantitative estimate of drug-likeness (QED) is 0.791. The fraction of sp³-hybridized carbons (Fsp3) is 0.765. The van der Waals surface area contributed by atoms with Gasteiger partial charge in [-0.2, -0.15) is 5.10 Å². The van der Waals surface area contributed by atoms with Gasteiger partial charge in [0.25, 0.3) is 5.91 Å². The number of hydrogen-bond acceptors (Lipinski definition) is 5. The van der Waals surface area contributed by atoms with E-state index in [-0.39, 0.29) is 5.91 Å². The number of β-amino-alcohol motifs (C(OH)–C–C–N with tert-alkyl or cyclic N) is 1. The molecule has 0 radical (unpaired) electrons. The summed E-state index contributed by atoms with van der Waals surface area (Å²) in [5, 5.41) is 14.4. The second kappa shape index (κ2) is 8.60. The van der Waals surface area contributed by atoms with Crippen LogP contribution in [0.5, 0.6) is 0 Å². The highest BCUT2D eigenvalue weighted by Gasteiger charge is 2.27. The van der Waals surface area contributed by atoms with E-state index < -0.39 is 6.10 Å². The first kappa shape index (κ1) is 18.9. The third-order valence-corrected chi connectivity index (χ3v) is 4.54. The van der Waals surface area contributed by atoms with Crippen LogP contribution >= 0.6 is 0 Å². The fourth-order valence-electron chi connectivity index (χ4n) is 3.21. The number of aryl methyl sites for hydroxylation is 2. The summed E-state index contributed by atoms with van der Waals surface area (Å²) < 4.78 is 7.12. The first-order valence-electron chi connectivity index (χ1n) is 8.79. The Hall–Kier alpha value is -1.44. The molecule has 0 saturated carbocycles. The maximum atomic E-state index is 12.8. The number of carbonyl (C=O) groups excluding carboxylic acids is 1. The standard InChI is InChI=1S/C17H30N4O3/c1-5-21-14(4)16(13(3)18-21)17(23)20-9-7-19(8-10-20)11-15(22)12-24-6-2/h15,22H,5-12H2,1-4H3. The molecule has 7 nitrogen and oxygen atoms in total. The summed E-state index contributed by atoms with van der Waals surface area (Å²) in [7, 11) is 0. The predicted molar refractivity (Wildman–Crippen MR) is 92.2 cm³/mol. The summed E-state index contributed by atoms with van der Waals surface area (Å²) in [6.07, 6.45) is -0.473. The summed E-state index contributed by atoms with van der Waals surface area (Å²) >= 11 is 0. The highest BCUT2D eigenvalue weighted by Crippen LogP contribution is 2.17. The molecule has 0 aromatic carbocycles. The molecule has 7 heteroatoms. The van der Waals surface area contributed by atoms with Gasteiger partial charge in [0.15, 0.2) is 0 Å². The lowest BCUT2D eigenvalue weighted by atomic mass is 10.1.